The largest absolute Gasteiger partial charge is 0.444 e. The molecule has 5 nitrogen and oxygen atoms in total. The van der Waals surface area contributed by atoms with E-state index in [1.54, 1.807) is 0 Å². The highest BCUT2D eigenvalue weighted by Crippen LogP contribution is 2.30. The third kappa shape index (κ3) is 5.18. The van der Waals surface area contributed by atoms with Gasteiger partial charge in [0.15, 0.2) is 0 Å². The van der Waals surface area contributed by atoms with Crippen molar-refractivity contribution in [1.29, 1.82) is 0 Å². The molecule has 1 atom stereocenters. The van der Waals surface area contributed by atoms with Gasteiger partial charge in [0, 0.05) is 24.3 Å². The molecule has 25 heavy (non-hydrogen) atoms. The Hall–Kier alpha value is -1.62. The number of fused-ring (bicyclic) bond motifs is 1. The van der Waals surface area contributed by atoms with Crippen LogP contribution in [0.4, 0.5) is 4.79 Å². The second kappa shape index (κ2) is 7.73. The molecule has 2 aliphatic rings. The molecule has 0 aliphatic heterocycles. The molecule has 1 saturated carbocycles. The number of aromatic nitrogens is 1. The first kappa shape index (κ1) is 18.2. The van der Waals surface area contributed by atoms with Crippen LogP contribution in [-0.2, 0) is 11.2 Å². The van der Waals surface area contributed by atoms with E-state index >= 15 is 0 Å². The number of aryl methyl sites for hydroxylation is 1. The van der Waals surface area contributed by atoms with Crippen molar-refractivity contribution in [2.75, 3.05) is 0 Å². The monoisotopic (exact) mass is 345 g/mol. The van der Waals surface area contributed by atoms with Gasteiger partial charge in [0.2, 0.25) is 0 Å². The molecule has 0 spiro atoms. The van der Waals surface area contributed by atoms with Gasteiger partial charge in [-0.3, -0.25) is 4.98 Å². The number of pyridine rings is 1. The van der Waals surface area contributed by atoms with Crippen molar-refractivity contribution in [2.24, 2.45) is 0 Å². The lowest BCUT2D eigenvalue weighted by Crippen LogP contribution is -2.45. The van der Waals surface area contributed by atoms with Crippen molar-refractivity contribution < 1.29 is 9.53 Å². The molecule has 3 rings (SSSR count). The molecular formula is C20H31N3O2. The van der Waals surface area contributed by atoms with Crippen LogP contribution in [0.1, 0.15) is 76.6 Å². The van der Waals surface area contributed by atoms with Gasteiger partial charge >= 0.3 is 6.09 Å². The number of nitrogens with one attached hydrogen (secondary N) is 2. The Kier molecular flexibility index (Phi) is 5.62. The molecule has 0 radical (unpaired) electrons. The summed E-state index contributed by atoms with van der Waals surface area (Å²) < 4.78 is 5.35. The van der Waals surface area contributed by atoms with Crippen LogP contribution < -0.4 is 10.6 Å². The van der Waals surface area contributed by atoms with Crippen molar-refractivity contribution in [1.82, 2.24) is 15.6 Å². The summed E-state index contributed by atoms with van der Waals surface area (Å²) >= 11 is 0. The summed E-state index contributed by atoms with van der Waals surface area (Å²) in [7, 11) is 0. The molecule has 1 fully saturated rings. The maximum atomic E-state index is 11.9. The molecule has 0 bridgehead atoms. The first-order valence-electron chi connectivity index (χ1n) is 9.60. The van der Waals surface area contributed by atoms with Gasteiger partial charge in [0.1, 0.15) is 5.60 Å². The Labute approximate surface area is 150 Å². The van der Waals surface area contributed by atoms with E-state index < -0.39 is 5.60 Å². The maximum absolute atomic E-state index is 11.9. The van der Waals surface area contributed by atoms with E-state index in [-0.39, 0.29) is 12.1 Å². The average molecular weight is 345 g/mol. The molecular weight excluding hydrogens is 314 g/mol. The van der Waals surface area contributed by atoms with E-state index in [4.69, 9.17) is 4.74 Å². The second-order valence-corrected chi connectivity index (χ2v) is 8.35. The minimum atomic E-state index is -0.440. The quantitative estimate of drug-likeness (QED) is 0.872. The van der Waals surface area contributed by atoms with Crippen LogP contribution in [0.5, 0.6) is 0 Å². The van der Waals surface area contributed by atoms with Crippen molar-refractivity contribution in [3.8, 4) is 0 Å². The highest BCUT2D eigenvalue weighted by molar-refractivity contribution is 5.68. The van der Waals surface area contributed by atoms with Crippen molar-refractivity contribution in [2.45, 2.75) is 89.4 Å². The number of ether oxygens (including phenoxy) is 1. The molecule has 2 N–H and O–H groups in total. The van der Waals surface area contributed by atoms with Crippen molar-refractivity contribution >= 4 is 6.09 Å². The Morgan fingerprint density at radius 3 is 2.60 bits per heavy atom. The van der Waals surface area contributed by atoms with Gasteiger partial charge in [-0.05, 0) is 77.3 Å². The number of hydrogen-bond acceptors (Lipinski definition) is 4. The summed E-state index contributed by atoms with van der Waals surface area (Å²) in [6, 6.07) is 5.36. The lowest BCUT2D eigenvalue weighted by molar-refractivity contribution is 0.0489. The molecule has 1 aromatic rings. The summed E-state index contributed by atoms with van der Waals surface area (Å²) in [5.74, 6) is 0. The molecule has 1 aromatic heterocycles. The molecule has 0 saturated heterocycles. The number of alkyl carbamates (subject to hydrolysis) is 1. The third-order valence-corrected chi connectivity index (χ3v) is 5.08. The van der Waals surface area contributed by atoms with Crippen molar-refractivity contribution in [3.63, 3.8) is 0 Å². The predicted octanol–water partition coefficient (Wildman–Crippen LogP) is 3.88. The molecule has 0 unspecified atom stereocenters. The Morgan fingerprint density at radius 1 is 1.16 bits per heavy atom. The lowest BCUT2D eigenvalue weighted by atomic mass is 9.87. The fourth-order valence-electron chi connectivity index (χ4n) is 3.93. The summed E-state index contributed by atoms with van der Waals surface area (Å²) in [5, 5.41) is 6.83. The highest BCUT2D eigenvalue weighted by Gasteiger charge is 2.28. The Morgan fingerprint density at radius 2 is 1.88 bits per heavy atom. The second-order valence-electron chi connectivity index (χ2n) is 8.35. The summed E-state index contributed by atoms with van der Waals surface area (Å²) in [5.41, 5.74) is 2.19. The van der Waals surface area contributed by atoms with E-state index in [9.17, 15) is 4.79 Å². The first-order valence-corrected chi connectivity index (χ1v) is 9.60. The summed E-state index contributed by atoms with van der Waals surface area (Å²) in [6.45, 7) is 5.68. The Balaban J connectivity index is 1.47. The average Bonchev–Trinajstić information content (AvgIpc) is 2.55. The Bertz CT molecular complexity index is 589. The van der Waals surface area contributed by atoms with Crippen LogP contribution in [-0.4, -0.2) is 28.8 Å². The van der Waals surface area contributed by atoms with E-state index in [2.05, 4.69) is 21.7 Å². The molecule has 1 heterocycles. The number of hydrogen-bond donors (Lipinski definition) is 2. The fourth-order valence-corrected chi connectivity index (χ4v) is 3.93. The third-order valence-electron chi connectivity index (χ3n) is 5.08. The number of carbonyl (C=O) groups is 1. The molecule has 0 aromatic carbocycles. The fraction of sp³-hybridized carbons (Fsp3) is 0.700. The van der Waals surface area contributed by atoms with E-state index in [1.807, 2.05) is 33.0 Å². The van der Waals surface area contributed by atoms with Gasteiger partial charge in [-0.1, -0.05) is 6.07 Å². The van der Waals surface area contributed by atoms with Gasteiger partial charge in [-0.25, -0.2) is 4.79 Å². The minimum Gasteiger partial charge on any atom is -0.444 e. The smallest absolute Gasteiger partial charge is 0.407 e. The lowest BCUT2D eigenvalue weighted by Gasteiger charge is -2.34. The number of nitrogens with zero attached hydrogens (tertiary/aromatic N) is 1. The highest BCUT2D eigenvalue weighted by atomic mass is 16.6. The minimum absolute atomic E-state index is 0.227. The van der Waals surface area contributed by atoms with Gasteiger partial charge in [-0.15, -0.1) is 0 Å². The number of rotatable bonds is 3. The van der Waals surface area contributed by atoms with Crippen LogP contribution in [0.2, 0.25) is 0 Å². The number of amides is 1. The van der Waals surface area contributed by atoms with Crippen LogP contribution in [0.15, 0.2) is 18.3 Å². The zero-order valence-corrected chi connectivity index (χ0v) is 15.7. The molecule has 1 amide bonds. The standard InChI is InChI=1S/C20H31N3O2/c1-20(2,3)25-19(24)23-16-11-9-15(10-12-16)22-17-8-4-6-14-7-5-13-21-18(14)17/h5,7,13,15-17,22H,4,6,8-12H2,1-3H3,(H,23,24)/t15-,16-,17-/m0/s1. The van der Waals surface area contributed by atoms with Gasteiger partial charge in [-0.2, -0.15) is 0 Å². The van der Waals surface area contributed by atoms with E-state index in [0.717, 1.165) is 32.1 Å². The van der Waals surface area contributed by atoms with Gasteiger partial charge < -0.3 is 15.4 Å². The molecule has 2 aliphatic carbocycles. The van der Waals surface area contributed by atoms with E-state index in [0.29, 0.717) is 12.1 Å². The zero-order valence-electron chi connectivity index (χ0n) is 15.7. The van der Waals surface area contributed by atoms with Crippen LogP contribution in [0.25, 0.3) is 0 Å². The topological polar surface area (TPSA) is 63.2 Å². The first-order chi connectivity index (χ1) is 11.9. The normalized spacial score (nSPS) is 26.6. The van der Waals surface area contributed by atoms with Crippen molar-refractivity contribution in [3.05, 3.63) is 29.6 Å². The zero-order chi connectivity index (χ0) is 17.9. The summed E-state index contributed by atoms with van der Waals surface area (Å²) in [6.07, 6.45) is 9.31. The van der Waals surface area contributed by atoms with Crippen LogP contribution in [0, 0.1) is 0 Å². The van der Waals surface area contributed by atoms with Gasteiger partial charge in [0.25, 0.3) is 0 Å². The van der Waals surface area contributed by atoms with Crippen LogP contribution >= 0.6 is 0 Å². The SMILES string of the molecule is CC(C)(C)OC(=O)N[C@H]1CC[C@H](N[C@H]2CCCc3cccnc32)CC1. The van der Waals surface area contributed by atoms with Gasteiger partial charge in [0.05, 0.1) is 5.69 Å². The number of carbonyl (C=O) groups excluding carboxylic acids is 1. The van der Waals surface area contributed by atoms with Crippen LogP contribution in [0.3, 0.4) is 0 Å². The predicted molar refractivity (Wildman–Crippen MR) is 98.5 cm³/mol. The summed E-state index contributed by atoms with van der Waals surface area (Å²) in [4.78, 5) is 16.5. The molecule has 138 valence electrons. The van der Waals surface area contributed by atoms with E-state index in [1.165, 1.54) is 24.1 Å². The molecule has 5 heteroatoms. The maximum Gasteiger partial charge on any atom is 0.407 e.